The fraction of sp³-hybridized carbons (Fsp3) is 0.571. The zero-order chi connectivity index (χ0) is 8.27. The van der Waals surface area contributed by atoms with Gasteiger partial charge in [-0.1, -0.05) is 6.58 Å². The first-order valence-corrected chi connectivity index (χ1v) is 3.33. The van der Waals surface area contributed by atoms with Gasteiger partial charge in [0.25, 0.3) is 0 Å². The van der Waals surface area contributed by atoms with Gasteiger partial charge in [-0.05, 0) is 0 Å². The maximum atomic E-state index is 10.6. The van der Waals surface area contributed by atoms with E-state index in [0.717, 1.165) is 6.08 Å². The predicted molar refractivity (Wildman–Crippen MR) is 36.9 cm³/mol. The first-order chi connectivity index (χ1) is 5.24. The highest BCUT2D eigenvalue weighted by atomic mass is 16.6. The molecule has 0 aliphatic carbocycles. The van der Waals surface area contributed by atoms with Gasteiger partial charge in [0, 0.05) is 6.08 Å². The maximum absolute atomic E-state index is 10.6. The standard InChI is InChI=1S/C7H10O4/c1-2-7(9)11-6-4-10-3-5(6)8/h2,5-6,8H,1,3-4H2. The lowest BCUT2D eigenvalue weighted by molar-refractivity contribution is -0.146. The molecule has 0 aromatic heterocycles. The molecule has 0 aromatic carbocycles. The van der Waals surface area contributed by atoms with Crippen molar-refractivity contribution < 1.29 is 19.4 Å². The molecule has 1 aliphatic rings. The third-order valence-electron chi connectivity index (χ3n) is 1.43. The van der Waals surface area contributed by atoms with E-state index in [-0.39, 0.29) is 13.2 Å². The van der Waals surface area contributed by atoms with Gasteiger partial charge in [0.05, 0.1) is 13.2 Å². The summed E-state index contributed by atoms with van der Waals surface area (Å²) >= 11 is 0. The Balaban J connectivity index is 2.36. The van der Waals surface area contributed by atoms with Crippen molar-refractivity contribution in [3.05, 3.63) is 12.7 Å². The average Bonchev–Trinajstić information content (AvgIpc) is 2.37. The van der Waals surface area contributed by atoms with Crippen LogP contribution in [0.1, 0.15) is 0 Å². The van der Waals surface area contributed by atoms with E-state index >= 15 is 0 Å². The van der Waals surface area contributed by atoms with Crippen LogP contribution in [0.25, 0.3) is 0 Å². The van der Waals surface area contributed by atoms with E-state index in [1.54, 1.807) is 0 Å². The van der Waals surface area contributed by atoms with Crippen molar-refractivity contribution in [3.8, 4) is 0 Å². The van der Waals surface area contributed by atoms with Gasteiger partial charge in [-0.15, -0.1) is 0 Å². The van der Waals surface area contributed by atoms with Crippen LogP contribution in [0.2, 0.25) is 0 Å². The molecule has 4 heteroatoms. The highest BCUT2D eigenvalue weighted by molar-refractivity contribution is 5.81. The van der Waals surface area contributed by atoms with E-state index in [0.29, 0.717) is 0 Å². The summed E-state index contributed by atoms with van der Waals surface area (Å²) in [7, 11) is 0. The third-order valence-corrected chi connectivity index (χ3v) is 1.43. The average molecular weight is 158 g/mol. The fourth-order valence-electron chi connectivity index (χ4n) is 0.833. The van der Waals surface area contributed by atoms with E-state index in [9.17, 15) is 4.79 Å². The molecule has 0 radical (unpaired) electrons. The van der Waals surface area contributed by atoms with Crippen LogP contribution < -0.4 is 0 Å². The number of hydrogen-bond donors (Lipinski definition) is 1. The van der Waals surface area contributed by atoms with Gasteiger partial charge in [0.15, 0.2) is 6.10 Å². The summed E-state index contributed by atoms with van der Waals surface area (Å²) in [6, 6.07) is 0. The van der Waals surface area contributed by atoms with Crippen molar-refractivity contribution in [2.45, 2.75) is 12.2 Å². The highest BCUT2D eigenvalue weighted by Gasteiger charge is 2.28. The molecule has 1 aliphatic heterocycles. The van der Waals surface area contributed by atoms with Gasteiger partial charge < -0.3 is 14.6 Å². The van der Waals surface area contributed by atoms with Crippen molar-refractivity contribution in [1.82, 2.24) is 0 Å². The second kappa shape index (κ2) is 3.50. The van der Waals surface area contributed by atoms with Crippen molar-refractivity contribution in [2.24, 2.45) is 0 Å². The number of aliphatic hydroxyl groups is 1. The first-order valence-electron chi connectivity index (χ1n) is 3.33. The minimum absolute atomic E-state index is 0.231. The molecule has 2 atom stereocenters. The van der Waals surface area contributed by atoms with Crippen LogP contribution in [-0.4, -0.2) is 36.5 Å². The largest absolute Gasteiger partial charge is 0.454 e. The van der Waals surface area contributed by atoms with Crippen LogP contribution in [0, 0.1) is 0 Å². The molecule has 62 valence electrons. The Kier molecular flexibility index (Phi) is 2.62. The number of rotatable bonds is 2. The second-order valence-corrected chi connectivity index (χ2v) is 2.28. The zero-order valence-corrected chi connectivity index (χ0v) is 6.03. The molecular weight excluding hydrogens is 148 g/mol. The molecule has 0 bridgehead atoms. The molecule has 0 aromatic rings. The van der Waals surface area contributed by atoms with Crippen molar-refractivity contribution >= 4 is 5.97 Å². The molecule has 4 nitrogen and oxygen atoms in total. The Hall–Kier alpha value is -0.870. The smallest absolute Gasteiger partial charge is 0.330 e. The Morgan fingerprint density at radius 3 is 2.91 bits per heavy atom. The molecule has 1 fully saturated rings. The quantitative estimate of drug-likeness (QED) is 0.434. The Morgan fingerprint density at radius 1 is 1.73 bits per heavy atom. The molecule has 1 rings (SSSR count). The van der Waals surface area contributed by atoms with Gasteiger partial charge in [-0.2, -0.15) is 0 Å². The summed E-state index contributed by atoms with van der Waals surface area (Å²) < 4.78 is 9.59. The molecule has 2 unspecified atom stereocenters. The van der Waals surface area contributed by atoms with Crippen molar-refractivity contribution in [3.63, 3.8) is 0 Å². The summed E-state index contributed by atoms with van der Waals surface area (Å²) in [4.78, 5) is 10.6. The Bertz CT molecular complexity index is 166. The molecule has 0 spiro atoms. The Labute approximate surface area is 64.4 Å². The van der Waals surface area contributed by atoms with Crippen molar-refractivity contribution in [2.75, 3.05) is 13.2 Å². The lowest BCUT2D eigenvalue weighted by atomic mass is 10.3. The monoisotopic (exact) mass is 158 g/mol. The SMILES string of the molecule is C=CC(=O)OC1COCC1O. The molecule has 1 heterocycles. The van der Waals surface area contributed by atoms with Crippen LogP contribution in [0.4, 0.5) is 0 Å². The number of hydrogen-bond acceptors (Lipinski definition) is 4. The number of carbonyl (C=O) groups is 1. The normalized spacial score (nSPS) is 29.9. The topological polar surface area (TPSA) is 55.8 Å². The van der Waals surface area contributed by atoms with Crippen LogP contribution in [0.3, 0.4) is 0 Å². The Morgan fingerprint density at radius 2 is 2.45 bits per heavy atom. The van der Waals surface area contributed by atoms with E-state index in [2.05, 4.69) is 6.58 Å². The van der Waals surface area contributed by atoms with E-state index in [4.69, 9.17) is 14.6 Å². The predicted octanol–water partition coefficient (Wildman–Crippen LogP) is -0.525. The summed E-state index contributed by atoms with van der Waals surface area (Å²) in [5.74, 6) is -0.528. The highest BCUT2D eigenvalue weighted by Crippen LogP contribution is 2.09. The van der Waals surface area contributed by atoms with E-state index < -0.39 is 18.2 Å². The minimum Gasteiger partial charge on any atom is -0.454 e. The molecular formula is C7H10O4. The lowest BCUT2D eigenvalue weighted by Gasteiger charge is -2.11. The van der Waals surface area contributed by atoms with Gasteiger partial charge in [-0.25, -0.2) is 4.79 Å². The summed E-state index contributed by atoms with van der Waals surface area (Å²) in [5, 5.41) is 9.10. The van der Waals surface area contributed by atoms with E-state index in [1.807, 2.05) is 0 Å². The zero-order valence-electron chi connectivity index (χ0n) is 6.03. The maximum Gasteiger partial charge on any atom is 0.330 e. The van der Waals surface area contributed by atoms with Crippen LogP contribution in [-0.2, 0) is 14.3 Å². The molecule has 1 N–H and O–H groups in total. The number of esters is 1. The number of aliphatic hydroxyl groups excluding tert-OH is 1. The van der Waals surface area contributed by atoms with Gasteiger partial charge in [0.1, 0.15) is 6.10 Å². The number of carbonyl (C=O) groups excluding carboxylic acids is 1. The van der Waals surface area contributed by atoms with Crippen LogP contribution in [0.5, 0.6) is 0 Å². The van der Waals surface area contributed by atoms with Crippen molar-refractivity contribution in [1.29, 1.82) is 0 Å². The summed E-state index contributed by atoms with van der Waals surface area (Å²) in [6.45, 7) is 3.73. The molecule has 1 saturated heterocycles. The third kappa shape index (κ3) is 2.03. The summed E-state index contributed by atoms with van der Waals surface area (Å²) in [5.41, 5.74) is 0. The second-order valence-electron chi connectivity index (χ2n) is 2.28. The van der Waals surface area contributed by atoms with E-state index in [1.165, 1.54) is 0 Å². The molecule has 0 amide bonds. The summed E-state index contributed by atoms with van der Waals surface area (Å²) in [6.07, 6.45) is -0.162. The number of ether oxygens (including phenoxy) is 2. The van der Waals surface area contributed by atoms with Crippen LogP contribution >= 0.6 is 0 Å². The van der Waals surface area contributed by atoms with Gasteiger partial charge in [-0.3, -0.25) is 0 Å². The fourth-order valence-corrected chi connectivity index (χ4v) is 0.833. The first kappa shape index (κ1) is 8.23. The molecule has 11 heavy (non-hydrogen) atoms. The van der Waals surface area contributed by atoms with Crippen LogP contribution in [0.15, 0.2) is 12.7 Å². The lowest BCUT2D eigenvalue weighted by Crippen LogP contribution is -2.28. The van der Waals surface area contributed by atoms with Gasteiger partial charge in [0.2, 0.25) is 0 Å². The molecule has 0 saturated carbocycles. The minimum atomic E-state index is -0.695. The van der Waals surface area contributed by atoms with Gasteiger partial charge >= 0.3 is 5.97 Å².